The van der Waals surface area contributed by atoms with E-state index in [0.717, 1.165) is 96.9 Å². The van der Waals surface area contributed by atoms with Gasteiger partial charge in [-0.25, -0.2) is 9.55 Å². The van der Waals surface area contributed by atoms with Crippen LogP contribution < -0.4 is 29.8 Å². The van der Waals surface area contributed by atoms with Crippen LogP contribution in [0, 0.1) is 5.92 Å². The molecule has 8 bridgehead atoms. The molecule has 1 unspecified atom stereocenters. The summed E-state index contributed by atoms with van der Waals surface area (Å²) in [5, 5.41) is 23.4. The summed E-state index contributed by atoms with van der Waals surface area (Å²) < 4.78 is 60.8. The number of nitrogens with one attached hydrogen (secondary N) is 2. The van der Waals surface area contributed by atoms with Crippen molar-refractivity contribution in [2.24, 2.45) is 5.92 Å². The van der Waals surface area contributed by atoms with Gasteiger partial charge in [-0.3, -0.25) is 33.5 Å². The van der Waals surface area contributed by atoms with Gasteiger partial charge in [-0.1, -0.05) is 159 Å². The summed E-state index contributed by atoms with van der Waals surface area (Å²) >= 11 is 0. The first-order chi connectivity index (χ1) is 40.8. The number of phosphoric acid groups is 1. The number of aromatic amines is 1. The van der Waals surface area contributed by atoms with Crippen molar-refractivity contribution in [2.75, 3.05) is 51.6 Å². The summed E-state index contributed by atoms with van der Waals surface area (Å²) in [4.78, 5) is 48.1. The summed E-state index contributed by atoms with van der Waals surface area (Å²) in [6, 6.07) is 18.0. The fourth-order valence-corrected chi connectivity index (χ4v) is 11.9. The molecule has 3 heterocycles. The van der Waals surface area contributed by atoms with Crippen LogP contribution >= 0.6 is 7.82 Å². The first-order valence-electron chi connectivity index (χ1n) is 30.8. The number of rotatable bonds is 20. The van der Waals surface area contributed by atoms with Crippen LogP contribution in [0.1, 0.15) is 203 Å². The van der Waals surface area contributed by atoms with E-state index < -0.39 is 38.4 Å². The lowest BCUT2D eigenvalue weighted by Gasteiger charge is -2.29. The van der Waals surface area contributed by atoms with Crippen LogP contribution in [0.25, 0.3) is 11.2 Å². The zero-order chi connectivity index (χ0) is 63.6. The molecule has 1 saturated heterocycles. The van der Waals surface area contributed by atoms with Gasteiger partial charge >= 0.3 is 7.82 Å². The normalized spacial score (nSPS) is 17.4. The van der Waals surface area contributed by atoms with Crippen LogP contribution in [-0.2, 0) is 70.5 Å². The molecular weight excluding hydrogens is 1130 g/mol. The second kappa shape index (κ2) is 26.9. The van der Waals surface area contributed by atoms with Crippen LogP contribution in [0.15, 0.2) is 59.7 Å². The number of carbonyl (C=O) groups excluding carboxylic acids is 1. The number of benzene rings is 4. The number of hydrogen-bond donors (Lipinski definition) is 5. The van der Waals surface area contributed by atoms with Crippen LogP contribution in [-0.4, -0.2) is 99.0 Å². The number of aliphatic hydroxyl groups is 2. The second-order valence-corrected chi connectivity index (χ2v) is 29.1. The molecule has 0 saturated carbocycles. The Labute approximate surface area is 513 Å². The Morgan fingerprint density at radius 3 is 1.40 bits per heavy atom. The van der Waals surface area contributed by atoms with E-state index in [4.69, 9.17) is 32.7 Å². The summed E-state index contributed by atoms with van der Waals surface area (Å²) in [5.74, 6) is 2.07. The van der Waals surface area contributed by atoms with Gasteiger partial charge in [-0.2, -0.15) is 4.98 Å². The summed E-state index contributed by atoms with van der Waals surface area (Å²) in [7, 11) is -4.88. The Bertz CT molecular complexity index is 3420. The van der Waals surface area contributed by atoms with E-state index in [2.05, 4.69) is 166 Å². The number of fused-ring (bicyclic) bond motifs is 9. The smallest absolute Gasteiger partial charge is 0.472 e. The first-order valence-corrected chi connectivity index (χ1v) is 32.3. The van der Waals surface area contributed by atoms with Crippen molar-refractivity contribution in [3.8, 4) is 23.0 Å². The van der Waals surface area contributed by atoms with E-state index in [0.29, 0.717) is 44.6 Å². The highest BCUT2D eigenvalue weighted by molar-refractivity contribution is 7.47. The Hall–Kier alpha value is -6.11. The maximum atomic E-state index is 14.0. The topological polar surface area (TPSA) is 235 Å². The predicted octanol–water partition coefficient (Wildman–Crippen LogP) is 12.4. The number of amides is 1. The number of hydrogen-bond acceptors (Lipinski definition) is 14. The molecule has 474 valence electrons. The van der Waals surface area contributed by atoms with E-state index >= 15 is 0 Å². The van der Waals surface area contributed by atoms with E-state index in [1.165, 1.54) is 10.9 Å². The van der Waals surface area contributed by atoms with E-state index in [9.17, 15) is 29.3 Å². The minimum atomic E-state index is -4.88. The van der Waals surface area contributed by atoms with Gasteiger partial charge in [0.2, 0.25) is 11.9 Å². The SMILES string of the molecule is CCCOc1c2cc(C(C)(C)C)cc1Cc1cc(C(C)(C)C)cc(c1OCCOP(=O)(O)O[C@H]1C[C@H](n3cnc4c(=O)[nH]c(NC(=O)C(C)C)nc43)O[C@@H]1CO)Cc1cc(C(C)(C)C)cc(c1OCCC)Cc1cc(C(C)(C)C)cc(c1OCCO)C2. The third-order valence-electron chi connectivity index (χ3n) is 15.9. The molecule has 6 aromatic rings. The molecule has 1 amide bonds. The largest absolute Gasteiger partial charge is 0.493 e. The van der Waals surface area contributed by atoms with Gasteiger partial charge in [0, 0.05) is 38.0 Å². The Morgan fingerprint density at radius 1 is 0.655 bits per heavy atom. The maximum absolute atomic E-state index is 14.0. The maximum Gasteiger partial charge on any atom is 0.472 e. The zero-order valence-electron chi connectivity index (χ0n) is 54.1. The fraction of sp³-hybridized carbons (Fsp3) is 0.559. The van der Waals surface area contributed by atoms with Gasteiger partial charge < -0.3 is 38.8 Å². The first kappa shape index (κ1) is 66.8. The third kappa shape index (κ3) is 16.0. The van der Waals surface area contributed by atoms with Crippen LogP contribution in [0.3, 0.4) is 0 Å². The minimum Gasteiger partial charge on any atom is -0.493 e. The standard InChI is InChI=1S/C68H94N5O13P/c1-17-20-80-57-41-25-45-33-51(67(11,12)13)34-46(59(45)82-22-19-74)26-42-30-50(66(8,9)10)32-44(58(42)81-21-18-2)28-48-36-52(68(14,15)16)35-47(27-43(57)31-49(29-41)65(5,6)7)60(48)83-23-24-84-87(78,79)86-53-37-55(85-54(53)38-75)73-39-69-56-61(73)70-64(72-63(56)77)71-62(76)40(3)4/h29-36,39-40,53-55,74-75H,17-28,37-38H2,1-16H3,(H,78,79)(H2,70,71,72,76,77)/t53-,54+,55+/m0/s1. The van der Waals surface area contributed by atoms with Gasteiger partial charge in [0.1, 0.15) is 54.6 Å². The molecular formula is C68H94N5O13P. The summed E-state index contributed by atoms with van der Waals surface area (Å²) in [6.07, 6.45) is 1.44. The lowest BCUT2D eigenvalue weighted by atomic mass is 9.79. The van der Waals surface area contributed by atoms with Crippen LogP contribution in [0.4, 0.5) is 5.95 Å². The molecule has 0 spiro atoms. The fourth-order valence-electron chi connectivity index (χ4n) is 11.0. The van der Waals surface area contributed by atoms with Crippen molar-refractivity contribution in [3.05, 3.63) is 132 Å². The Kier molecular flexibility index (Phi) is 20.7. The number of anilines is 1. The number of ether oxygens (including phenoxy) is 5. The molecule has 2 aliphatic rings. The van der Waals surface area contributed by atoms with Crippen LogP contribution in [0.2, 0.25) is 0 Å². The molecule has 8 rings (SSSR count). The second-order valence-electron chi connectivity index (χ2n) is 27.7. The molecule has 1 fully saturated rings. The molecule has 4 aromatic carbocycles. The molecule has 1 aliphatic heterocycles. The van der Waals surface area contributed by atoms with Crippen LogP contribution in [0.5, 0.6) is 23.0 Å². The van der Waals surface area contributed by atoms with Crippen molar-refractivity contribution >= 4 is 30.8 Å². The molecule has 0 radical (unpaired) electrons. The zero-order valence-corrected chi connectivity index (χ0v) is 55.0. The molecule has 19 heteroatoms. The lowest BCUT2D eigenvalue weighted by Crippen LogP contribution is -2.27. The highest BCUT2D eigenvalue weighted by Gasteiger charge is 2.42. The number of aromatic nitrogens is 4. The third-order valence-corrected chi connectivity index (χ3v) is 17.0. The van der Waals surface area contributed by atoms with Crippen molar-refractivity contribution in [3.63, 3.8) is 0 Å². The number of imidazole rings is 1. The number of aliphatic hydroxyl groups excluding tert-OH is 2. The van der Waals surface area contributed by atoms with Gasteiger partial charge in [0.25, 0.3) is 5.56 Å². The van der Waals surface area contributed by atoms with E-state index in [1.807, 2.05) is 0 Å². The summed E-state index contributed by atoms with van der Waals surface area (Å²) in [5.41, 5.74) is 10.6. The summed E-state index contributed by atoms with van der Waals surface area (Å²) in [6.45, 7) is 34.0. The number of H-pyrrole nitrogens is 1. The Balaban J connectivity index is 1.23. The van der Waals surface area contributed by atoms with Gasteiger partial charge in [0.05, 0.1) is 39.4 Å². The molecule has 1 aliphatic carbocycles. The quantitative estimate of drug-likeness (QED) is 0.0353. The highest BCUT2D eigenvalue weighted by Crippen LogP contribution is 2.49. The van der Waals surface area contributed by atoms with Crippen molar-refractivity contribution in [2.45, 2.75) is 196 Å². The van der Waals surface area contributed by atoms with Crippen molar-refractivity contribution in [1.82, 2.24) is 19.5 Å². The average molecular weight is 1220 g/mol. The number of phosphoric ester groups is 1. The molecule has 5 N–H and O–H groups in total. The molecule has 4 atom stereocenters. The van der Waals surface area contributed by atoms with E-state index in [1.54, 1.807) is 13.8 Å². The average Bonchev–Trinajstić information content (AvgIpc) is 1.94. The van der Waals surface area contributed by atoms with E-state index in [-0.39, 0.29) is 83.4 Å². The molecule has 18 nitrogen and oxygen atoms in total. The lowest BCUT2D eigenvalue weighted by molar-refractivity contribution is -0.118. The van der Waals surface area contributed by atoms with Gasteiger partial charge in [-0.15, -0.1) is 0 Å². The molecule has 2 aromatic heterocycles. The monoisotopic (exact) mass is 1220 g/mol. The number of carbonyl (C=O) groups is 1. The van der Waals surface area contributed by atoms with Gasteiger partial charge in [0.15, 0.2) is 11.2 Å². The van der Waals surface area contributed by atoms with Crippen molar-refractivity contribution < 1.29 is 57.2 Å². The highest BCUT2D eigenvalue weighted by atomic mass is 31.2. The minimum absolute atomic E-state index is 0.0198. The van der Waals surface area contributed by atoms with Gasteiger partial charge in [-0.05, 0) is 101 Å². The van der Waals surface area contributed by atoms with Crippen molar-refractivity contribution in [1.29, 1.82) is 0 Å². The number of nitrogens with zero attached hydrogens (tertiary/aromatic N) is 3. The molecule has 87 heavy (non-hydrogen) atoms. The Morgan fingerprint density at radius 2 is 1.05 bits per heavy atom. The predicted molar refractivity (Wildman–Crippen MR) is 339 cm³/mol.